The van der Waals surface area contributed by atoms with E-state index in [0.717, 1.165) is 19.3 Å². The molecule has 1 aromatic rings. The first kappa shape index (κ1) is 20.6. The van der Waals surface area contributed by atoms with Crippen molar-refractivity contribution < 1.29 is 27.9 Å². The van der Waals surface area contributed by atoms with Gasteiger partial charge in [-0.25, -0.2) is 0 Å². The maximum Gasteiger partial charge on any atom is 0.387 e. The summed E-state index contributed by atoms with van der Waals surface area (Å²) in [6.07, 6.45) is 6.25. The molecule has 0 atom stereocenters. The summed E-state index contributed by atoms with van der Waals surface area (Å²) in [5.41, 5.74) is 4.38. The fourth-order valence-electron chi connectivity index (χ4n) is 5.80. The molecule has 3 N–H and O–H groups in total. The predicted octanol–water partition coefficient (Wildman–Crippen LogP) is 2.38. The minimum Gasteiger partial charge on any atom is -0.434 e. The Morgan fingerprint density at radius 2 is 1.60 bits per heavy atom. The van der Waals surface area contributed by atoms with Crippen molar-refractivity contribution in [2.24, 2.45) is 23.2 Å². The minimum atomic E-state index is -3.07. The van der Waals surface area contributed by atoms with Crippen LogP contribution in [-0.4, -0.2) is 30.9 Å². The number of hydrazine groups is 1. The number of amides is 3. The van der Waals surface area contributed by atoms with E-state index in [1.807, 2.05) is 0 Å². The van der Waals surface area contributed by atoms with Gasteiger partial charge in [0.2, 0.25) is 5.91 Å². The van der Waals surface area contributed by atoms with Gasteiger partial charge in [-0.15, -0.1) is 0 Å². The highest BCUT2D eigenvalue weighted by Gasteiger charge is 2.54. The van der Waals surface area contributed by atoms with Gasteiger partial charge in [0.1, 0.15) is 5.75 Å². The van der Waals surface area contributed by atoms with Crippen molar-refractivity contribution in [1.82, 2.24) is 16.2 Å². The molecular weight excluding hydrogens is 396 g/mol. The standard InChI is InChI=1S/C21H25F2N3O4/c22-20(23)30-16-4-2-1-3-15(16)18(28)24-11-17(27)25-26-19(29)21-8-12-5-13(9-21)7-14(6-12)10-21/h1-4,12-14,20H,5-11H2,(H,24,28)(H,25,27)(H,26,29). The number of ether oxygens (including phenoxy) is 1. The number of carbonyl (C=O) groups is 3. The zero-order valence-electron chi connectivity index (χ0n) is 16.5. The monoisotopic (exact) mass is 421 g/mol. The minimum absolute atomic E-state index is 0.108. The number of para-hydroxylation sites is 1. The number of rotatable bonds is 6. The number of hydrogen-bond acceptors (Lipinski definition) is 4. The van der Waals surface area contributed by atoms with E-state index in [0.29, 0.717) is 17.8 Å². The number of benzene rings is 1. The predicted molar refractivity (Wildman–Crippen MR) is 102 cm³/mol. The molecule has 0 aromatic heterocycles. The molecule has 4 fully saturated rings. The molecule has 0 aliphatic heterocycles. The molecule has 162 valence electrons. The van der Waals surface area contributed by atoms with E-state index in [-0.39, 0.29) is 17.2 Å². The van der Waals surface area contributed by atoms with Gasteiger partial charge in [0, 0.05) is 0 Å². The Labute approximate surface area is 172 Å². The average Bonchev–Trinajstić information content (AvgIpc) is 2.69. The van der Waals surface area contributed by atoms with E-state index in [9.17, 15) is 23.2 Å². The zero-order valence-corrected chi connectivity index (χ0v) is 16.5. The van der Waals surface area contributed by atoms with Crippen LogP contribution in [-0.2, 0) is 9.59 Å². The number of carbonyl (C=O) groups excluding carboxylic acids is 3. The topological polar surface area (TPSA) is 96.5 Å². The second-order valence-corrected chi connectivity index (χ2v) is 8.76. The smallest absolute Gasteiger partial charge is 0.387 e. The Morgan fingerprint density at radius 3 is 2.20 bits per heavy atom. The fraction of sp³-hybridized carbons (Fsp3) is 0.571. The molecule has 0 heterocycles. The first-order chi connectivity index (χ1) is 14.3. The summed E-state index contributed by atoms with van der Waals surface area (Å²) in [6.45, 7) is -3.48. The molecule has 4 saturated carbocycles. The van der Waals surface area contributed by atoms with E-state index in [2.05, 4.69) is 20.9 Å². The quantitative estimate of drug-likeness (QED) is 0.615. The third-order valence-electron chi connectivity index (χ3n) is 6.59. The van der Waals surface area contributed by atoms with Crippen LogP contribution >= 0.6 is 0 Å². The second kappa shape index (κ2) is 8.20. The molecule has 9 heteroatoms. The maximum atomic E-state index is 12.8. The molecule has 4 aliphatic rings. The Hall–Kier alpha value is -2.71. The summed E-state index contributed by atoms with van der Waals surface area (Å²) in [6, 6.07) is 5.52. The number of halogens is 2. The molecule has 3 amide bonds. The largest absolute Gasteiger partial charge is 0.434 e. The number of hydrogen-bond donors (Lipinski definition) is 3. The van der Waals surface area contributed by atoms with Gasteiger partial charge >= 0.3 is 6.61 Å². The lowest BCUT2D eigenvalue weighted by molar-refractivity contribution is -0.148. The second-order valence-electron chi connectivity index (χ2n) is 8.76. The summed E-state index contributed by atoms with van der Waals surface area (Å²) in [5.74, 6) is 0.0486. The van der Waals surface area contributed by atoms with E-state index in [1.54, 1.807) is 0 Å². The van der Waals surface area contributed by atoms with Crippen molar-refractivity contribution in [3.8, 4) is 5.75 Å². The lowest BCUT2D eigenvalue weighted by Crippen LogP contribution is -2.57. The van der Waals surface area contributed by atoms with Crippen molar-refractivity contribution in [2.75, 3.05) is 6.54 Å². The van der Waals surface area contributed by atoms with Crippen molar-refractivity contribution in [3.05, 3.63) is 29.8 Å². The molecule has 0 radical (unpaired) electrons. The highest BCUT2D eigenvalue weighted by molar-refractivity contribution is 5.99. The van der Waals surface area contributed by atoms with Crippen molar-refractivity contribution >= 4 is 17.7 Å². The van der Waals surface area contributed by atoms with Crippen LogP contribution in [0.3, 0.4) is 0 Å². The van der Waals surface area contributed by atoms with Gasteiger partial charge in [-0.05, 0) is 68.4 Å². The van der Waals surface area contributed by atoms with Crippen LogP contribution in [0.5, 0.6) is 5.75 Å². The Kier molecular flexibility index (Phi) is 5.62. The third-order valence-corrected chi connectivity index (χ3v) is 6.59. The fourth-order valence-corrected chi connectivity index (χ4v) is 5.80. The van der Waals surface area contributed by atoms with Gasteiger partial charge in [0.05, 0.1) is 17.5 Å². The van der Waals surface area contributed by atoms with Gasteiger partial charge in [-0.1, -0.05) is 12.1 Å². The highest BCUT2D eigenvalue weighted by Crippen LogP contribution is 2.60. The summed E-state index contributed by atoms with van der Waals surface area (Å²) in [7, 11) is 0. The van der Waals surface area contributed by atoms with Crippen LogP contribution in [0.2, 0.25) is 0 Å². The number of alkyl halides is 2. The van der Waals surface area contributed by atoms with Crippen LogP contribution in [0.1, 0.15) is 48.9 Å². The molecule has 5 rings (SSSR count). The molecule has 0 spiro atoms. The lowest BCUT2D eigenvalue weighted by atomic mass is 9.49. The molecule has 0 saturated heterocycles. The zero-order chi connectivity index (χ0) is 21.3. The van der Waals surface area contributed by atoms with Crippen molar-refractivity contribution in [1.29, 1.82) is 0 Å². The van der Waals surface area contributed by atoms with E-state index in [1.165, 1.54) is 43.5 Å². The van der Waals surface area contributed by atoms with Gasteiger partial charge < -0.3 is 10.1 Å². The molecule has 4 bridgehead atoms. The normalized spacial score (nSPS) is 28.8. The molecule has 4 aliphatic carbocycles. The maximum absolute atomic E-state index is 12.8. The van der Waals surface area contributed by atoms with Gasteiger partial charge in [-0.2, -0.15) is 8.78 Å². The molecule has 7 nitrogen and oxygen atoms in total. The Balaban J connectivity index is 1.27. The molecular formula is C21H25F2N3O4. The third kappa shape index (κ3) is 4.24. The van der Waals surface area contributed by atoms with Crippen molar-refractivity contribution in [2.45, 2.75) is 45.1 Å². The molecule has 1 aromatic carbocycles. The van der Waals surface area contributed by atoms with Gasteiger partial charge in [-0.3, -0.25) is 25.2 Å². The van der Waals surface area contributed by atoms with E-state index < -0.39 is 30.4 Å². The average molecular weight is 421 g/mol. The number of nitrogens with one attached hydrogen (secondary N) is 3. The highest BCUT2D eigenvalue weighted by atomic mass is 19.3. The van der Waals surface area contributed by atoms with E-state index in [4.69, 9.17) is 0 Å². The SMILES string of the molecule is O=C(CNC(=O)c1ccccc1OC(F)F)NNC(=O)C12CC3CC(CC(C3)C1)C2. The summed E-state index contributed by atoms with van der Waals surface area (Å²) < 4.78 is 29.2. The first-order valence-electron chi connectivity index (χ1n) is 10.3. The van der Waals surface area contributed by atoms with Crippen LogP contribution < -0.4 is 20.9 Å². The van der Waals surface area contributed by atoms with Crippen LogP contribution in [0.4, 0.5) is 8.78 Å². The summed E-state index contributed by atoms with van der Waals surface area (Å²) >= 11 is 0. The van der Waals surface area contributed by atoms with E-state index >= 15 is 0 Å². The van der Waals surface area contributed by atoms with Crippen LogP contribution in [0.25, 0.3) is 0 Å². The van der Waals surface area contributed by atoms with Gasteiger partial charge in [0.15, 0.2) is 0 Å². The Bertz CT molecular complexity index is 810. The Morgan fingerprint density at radius 1 is 1.00 bits per heavy atom. The van der Waals surface area contributed by atoms with Crippen molar-refractivity contribution in [3.63, 3.8) is 0 Å². The molecule has 0 unspecified atom stereocenters. The molecule has 30 heavy (non-hydrogen) atoms. The van der Waals surface area contributed by atoms with Crippen LogP contribution in [0, 0.1) is 23.2 Å². The summed E-state index contributed by atoms with van der Waals surface area (Å²) in [4.78, 5) is 37.1. The van der Waals surface area contributed by atoms with Crippen LogP contribution in [0.15, 0.2) is 24.3 Å². The lowest BCUT2D eigenvalue weighted by Gasteiger charge is -2.55. The summed E-state index contributed by atoms with van der Waals surface area (Å²) in [5, 5.41) is 2.34. The first-order valence-corrected chi connectivity index (χ1v) is 10.3. The van der Waals surface area contributed by atoms with Gasteiger partial charge in [0.25, 0.3) is 11.8 Å².